The first-order chi connectivity index (χ1) is 5.94. The average Bonchev–Trinajstić information content (AvgIpc) is 1.79. The molecule has 0 amide bonds. The molecule has 0 fully saturated rings. The van der Waals surface area contributed by atoms with Crippen molar-refractivity contribution in [3.05, 3.63) is 0 Å². The molecule has 0 rings (SSSR count). The Kier molecular flexibility index (Phi) is 24.5. The Bertz CT molecular complexity index is 339. The maximum absolute atomic E-state index is 9.51. The summed E-state index contributed by atoms with van der Waals surface area (Å²) in [5.74, 6) is 0. The molecule has 17 heteroatoms. The molecule has 0 radical (unpaired) electrons. The molecule has 0 aromatic carbocycles. The smallest absolute Gasteiger partial charge is 1.00 e. The Balaban J connectivity index is -0.0000000402. The average molecular weight is 354 g/mol. The van der Waals surface area contributed by atoms with E-state index in [9.17, 15) is 16.8 Å². The van der Waals surface area contributed by atoms with Crippen molar-refractivity contribution in [3.63, 3.8) is 0 Å². The van der Waals surface area contributed by atoms with Crippen LogP contribution in [0.5, 0.6) is 0 Å². The first-order valence-electron chi connectivity index (χ1n) is 2.06. The fraction of sp³-hybridized carbons (Fsp3) is 0. The van der Waals surface area contributed by atoms with E-state index < -0.39 is 32.2 Å². The summed E-state index contributed by atoms with van der Waals surface area (Å²) in [6.07, 6.45) is 0. The van der Waals surface area contributed by atoms with Gasteiger partial charge in [0.25, 0.3) is 11.4 Å². The molecule has 0 heterocycles. The molecule has 0 bridgehead atoms. The third-order valence-electron chi connectivity index (χ3n) is 0.200. The van der Waals surface area contributed by atoms with Gasteiger partial charge in [0, 0.05) is 0 Å². The van der Waals surface area contributed by atoms with Crippen LogP contribution >= 0.6 is 12.4 Å². The third kappa shape index (κ3) is 59.6. The quantitative estimate of drug-likeness (QED) is 0.107. The molecule has 0 aliphatic carbocycles. The van der Waals surface area contributed by atoms with Gasteiger partial charge in [0.05, 0.1) is 0 Å². The molecule has 0 atom stereocenters. The fourth-order valence-electron chi connectivity index (χ4n) is 0.0702. The molecule has 7 N–H and O–H groups in total. The van der Waals surface area contributed by atoms with Crippen LogP contribution in [-0.2, 0) is 40.8 Å². The standard InChI is InChI=1S/ClH.H3N.Na.H2O8S2.H2O3S.H/c;;;1-9(2,3)7-8-10(4,5)6;1-4(2)3;/h1H;1H3;;(H,1,2,3)(H,4,5,6);(H2,1,2,3);/q;;+1;;;-1. The van der Waals surface area contributed by atoms with E-state index in [1.165, 1.54) is 0 Å². The van der Waals surface area contributed by atoms with E-state index in [-0.39, 0.29) is 49.5 Å². The minimum atomic E-state index is -5.02. The maximum Gasteiger partial charge on any atom is 1.00 e. The minimum absolute atomic E-state index is 0. The SMILES string of the molecule is Cl.N.O=S(=O)(O)OOS(=O)(=O)O.O=S(O)O.[H-].[Na+]. The van der Waals surface area contributed by atoms with Gasteiger partial charge < -0.3 is 7.58 Å². The van der Waals surface area contributed by atoms with E-state index in [2.05, 4.69) is 8.67 Å². The van der Waals surface area contributed by atoms with Crippen molar-refractivity contribution < 1.29 is 78.9 Å². The second-order valence-electron chi connectivity index (χ2n) is 1.22. The van der Waals surface area contributed by atoms with Crippen molar-refractivity contribution in [2.75, 3.05) is 0 Å². The molecule has 12 nitrogen and oxygen atoms in total. The van der Waals surface area contributed by atoms with Gasteiger partial charge in [-0.1, -0.05) is 8.67 Å². The van der Waals surface area contributed by atoms with Crippen molar-refractivity contribution in [1.82, 2.24) is 6.15 Å². The van der Waals surface area contributed by atoms with Gasteiger partial charge in [-0.05, 0) is 0 Å². The third-order valence-corrected chi connectivity index (χ3v) is 0.766. The van der Waals surface area contributed by atoms with E-state index in [4.69, 9.17) is 22.4 Å². The molecule has 0 saturated heterocycles. The Labute approximate surface area is 129 Å². The minimum Gasteiger partial charge on any atom is -1.00 e. The zero-order valence-electron chi connectivity index (χ0n) is 8.99. The molecule has 106 valence electrons. The molecule has 0 aliphatic heterocycles. The van der Waals surface area contributed by atoms with Gasteiger partial charge in [-0.3, -0.25) is 18.2 Å². The Morgan fingerprint density at radius 2 is 1.06 bits per heavy atom. The zero-order valence-corrected chi connectivity index (χ0v) is 13.3. The van der Waals surface area contributed by atoms with Crippen LogP contribution in [-0.4, -0.2) is 39.3 Å². The maximum atomic E-state index is 9.51. The van der Waals surface area contributed by atoms with Crippen molar-refractivity contribution in [3.8, 4) is 0 Å². The van der Waals surface area contributed by atoms with Gasteiger partial charge in [0.1, 0.15) is 0 Å². The number of halogens is 1. The molecular weight excluding hydrogens is 345 g/mol. The molecule has 0 aliphatic rings. The second kappa shape index (κ2) is 13.5. The van der Waals surface area contributed by atoms with Crippen LogP contribution in [0.4, 0.5) is 0 Å². The number of hydrogen-bond acceptors (Lipinski definition) is 8. The predicted octanol–water partition coefficient (Wildman–Crippen LogP) is -4.08. The van der Waals surface area contributed by atoms with Crippen molar-refractivity contribution >= 4 is 44.6 Å². The summed E-state index contributed by atoms with van der Waals surface area (Å²) in [5.41, 5.74) is 0. The summed E-state index contributed by atoms with van der Waals surface area (Å²) in [6, 6.07) is 0. The van der Waals surface area contributed by atoms with Gasteiger partial charge in [-0.2, -0.15) is 21.0 Å². The second-order valence-corrected chi connectivity index (χ2v) is 3.67. The van der Waals surface area contributed by atoms with Crippen LogP contribution in [0.2, 0.25) is 0 Å². The Morgan fingerprint density at radius 3 is 1.12 bits per heavy atom. The van der Waals surface area contributed by atoms with Crippen LogP contribution in [0.25, 0.3) is 0 Å². The van der Waals surface area contributed by atoms with Crippen LogP contribution in [0.15, 0.2) is 0 Å². The van der Waals surface area contributed by atoms with Crippen LogP contribution in [0.3, 0.4) is 0 Å². The first-order valence-corrected chi connectivity index (χ1v) is 5.86. The summed E-state index contributed by atoms with van der Waals surface area (Å²) in [7, 11) is -10.0. The van der Waals surface area contributed by atoms with Gasteiger partial charge in [-0.25, -0.2) is 0 Å². The molecule has 0 unspecified atom stereocenters. The summed E-state index contributed by atoms with van der Waals surface area (Å²) >= 11 is -2.61. The van der Waals surface area contributed by atoms with Gasteiger partial charge >= 0.3 is 50.4 Å². The monoisotopic (exact) mass is 353 g/mol. The van der Waals surface area contributed by atoms with Crippen LogP contribution < -0.4 is 35.7 Å². The summed E-state index contributed by atoms with van der Waals surface area (Å²) in [6.45, 7) is 0. The van der Waals surface area contributed by atoms with Crippen LogP contribution in [0.1, 0.15) is 1.43 Å². The van der Waals surface area contributed by atoms with Crippen molar-refractivity contribution in [1.29, 1.82) is 0 Å². The molecule has 0 spiro atoms. The predicted molar refractivity (Wildman–Crippen MR) is 52.0 cm³/mol. The van der Waals surface area contributed by atoms with Crippen molar-refractivity contribution in [2.45, 2.75) is 0 Å². The topological polar surface area (TPSA) is 220 Å². The number of rotatable bonds is 3. The Hall–Kier alpha value is 1.06. The van der Waals surface area contributed by atoms with Crippen molar-refractivity contribution in [2.24, 2.45) is 0 Å². The summed E-state index contributed by atoms with van der Waals surface area (Å²) < 4.78 is 81.7. The Morgan fingerprint density at radius 1 is 0.941 bits per heavy atom. The largest absolute Gasteiger partial charge is 1.00 e. The van der Waals surface area contributed by atoms with E-state index in [0.29, 0.717) is 0 Å². The van der Waals surface area contributed by atoms with Crippen LogP contribution in [0, 0.1) is 0 Å². The molecule has 0 aromatic heterocycles. The summed E-state index contributed by atoms with van der Waals surface area (Å²) in [5, 5.41) is 0. The first kappa shape index (κ1) is 30.8. The zero-order chi connectivity index (χ0) is 12.0. The van der Waals surface area contributed by atoms with E-state index in [0.717, 1.165) is 0 Å². The van der Waals surface area contributed by atoms with E-state index in [1.54, 1.807) is 0 Å². The molecule has 0 aromatic rings. The van der Waals surface area contributed by atoms with Gasteiger partial charge in [0.2, 0.25) is 0 Å². The normalized spacial score (nSPS) is 9.94. The van der Waals surface area contributed by atoms with E-state index in [1.807, 2.05) is 0 Å². The van der Waals surface area contributed by atoms with Gasteiger partial charge in [0.15, 0.2) is 0 Å². The molecular formula is H9ClNNaO11S3. The fourth-order valence-corrected chi connectivity index (χ4v) is 0.632. The van der Waals surface area contributed by atoms with E-state index >= 15 is 0 Å². The molecule has 0 saturated carbocycles. The molecule has 17 heavy (non-hydrogen) atoms. The number of hydrogen-bond donors (Lipinski definition) is 5. The summed E-state index contributed by atoms with van der Waals surface area (Å²) in [4.78, 5) is 0. The van der Waals surface area contributed by atoms with Gasteiger partial charge in [-0.15, -0.1) is 12.4 Å².